The Morgan fingerprint density at radius 1 is 0.921 bits per heavy atom. The molecule has 0 aliphatic carbocycles. The molecular weight excluding hydrogens is 504 g/mol. The molecule has 1 aromatic rings. The van der Waals surface area contributed by atoms with Crippen LogP contribution in [-0.2, 0) is 28.5 Å². The van der Waals surface area contributed by atoms with Crippen LogP contribution in [0.15, 0.2) is 29.2 Å². The first kappa shape index (κ1) is 31.1. The molecule has 2 fully saturated rings. The molecule has 214 valence electrons. The third kappa shape index (κ3) is 8.77. The Morgan fingerprint density at radius 2 is 1.50 bits per heavy atom. The topological polar surface area (TPSA) is 91.3 Å². The molecule has 8 heteroatoms. The van der Waals surface area contributed by atoms with Gasteiger partial charge in [0.1, 0.15) is 6.10 Å². The van der Waals surface area contributed by atoms with Crippen LogP contribution >= 0.6 is 0 Å². The first-order chi connectivity index (χ1) is 18.1. The van der Waals surface area contributed by atoms with Crippen LogP contribution in [0.5, 0.6) is 0 Å². The lowest BCUT2D eigenvalue weighted by Crippen LogP contribution is -2.49. The molecule has 0 radical (unpaired) electrons. The highest BCUT2D eigenvalue weighted by atomic mass is 32.2. The zero-order chi connectivity index (χ0) is 27.7. The number of hydrogen-bond donors (Lipinski definition) is 1. The van der Waals surface area contributed by atoms with Gasteiger partial charge in [-0.05, 0) is 39.3 Å². The van der Waals surface area contributed by atoms with Crippen LogP contribution in [0.2, 0.25) is 0 Å². The van der Waals surface area contributed by atoms with Gasteiger partial charge in [-0.2, -0.15) is 8.42 Å². The third-order valence-corrected chi connectivity index (χ3v) is 8.46. The molecule has 1 unspecified atom stereocenters. The fourth-order valence-electron chi connectivity index (χ4n) is 4.90. The Labute approximate surface area is 229 Å². The fourth-order valence-corrected chi connectivity index (χ4v) is 5.81. The van der Waals surface area contributed by atoms with Gasteiger partial charge in [-0.3, -0.25) is 4.18 Å². The van der Waals surface area contributed by atoms with E-state index in [0.29, 0.717) is 6.42 Å². The van der Waals surface area contributed by atoms with Crippen molar-refractivity contribution in [1.29, 1.82) is 0 Å². The Balaban J connectivity index is 1.50. The van der Waals surface area contributed by atoms with Gasteiger partial charge in [-0.25, -0.2) is 0 Å². The Kier molecular flexibility index (Phi) is 11.6. The summed E-state index contributed by atoms with van der Waals surface area (Å²) in [6, 6.07) is 6.38. The molecule has 2 saturated heterocycles. The van der Waals surface area contributed by atoms with Crippen molar-refractivity contribution in [2.75, 3.05) is 6.61 Å². The molecule has 2 heterocycles. The molecule has 0 saturated carbocycles. The fraction of sp³-hybridized carbons (Fsp3) is 0.733. The minimum absolute atomic E-state index is 0.0426. The molecule has 0 spiro atoms. The molecular formula is C30H46O7S. The highest BCUT2D eigenvalue weighted by Crippen LogP contribution is 2.43. The van der Waals surface area contributed by atoms with Crippen LogP contribution in [0.3, 0.4) is 0 Å². The molecule has 1 N–H and O–H groups in total. The zero-order valence-electron chi connectivity index (χ0n) is 23.5. The second-order valence-corrected chi connectivity index (χ2v) is 12.6. The maximum Gasteiger partial charge on any atom is 0.297 e. The Hall–Kier alpha value is -1.47. The van der Waals surface area contributed by atoms with E-state index >= 15 is 0 Å². The third-order valence-electron chi connectivity index (χ3n) is 7.16. The number of aliphatic hydroxyl groups is 1. The second-order valence-electron chi connectivity index (χ2n) is 11.0. The first-order valence-corrected chi connectivity index (χ1v) is 15.7. The summed E-state index contributed by atoms with van der Waals surface area (Å²) in [6.45, 7) is 7.19. The zero-order valence-corrected chi connectivity index (χ0v) is 24.4. The van der Waals surface area contributed by atoms with Crippen molar-refractivity contribution in [1.82, 2.24) is 0 Å². The van der Waals surface area contributed by atoms with Gasteiger partial charge in [0.2, 0.25) is 0 Å². The van der Waals surface area contributed by atoms with Crippen LogP contribution in [-0.4, -0.2) is 50.0 Å². The lowest BCUT2D eigenvalue weighted by molar-refractivity contribution is -0.224. The van der Waals surface area contributed by atoms with Gasteiger partial charge in [-0.15, -0.1) is 5.92 Å². The van der Waals surface area contributed by atoms with Crippen molar-refractivity contribution in [2.45, 2.75) is 140 Å². The molecule has 38 heavy (non-hydrogen) atoms. The van der Waals surface area contributed by atoms with E-state index in [4.69, 9.17) is 18.4 Å². The second kappa shape index (κ2) is 14.2. The van der Waals surface area contributed by atoms with E-state index in [1.165, 1.54) is 69.9 Å². The summed E-state index contributed by atoms with van der Waals surface area (Å²) in [4.78, 5) is 0.0426. The SMILES string of the molecule is CCCCCCCCCCCCCC#C[C@@]1(O)C(COS(=O)(=O)c2ccc(C)cc2)O[C@@H]2OC(C)(C)O[C@@H]21. The molecule has 2 aliphatic rings. The van der Waals surface area contributed by atoms with E-state index in [2.05, 4.69) is 18.8 Å². The maximum atomic E-state index is 12.7. The molecule has 0 aromatic heterocycles. The average molecular weight is 551 g/mol. The number of fused-ring (bicyclic) bond motifs is 1. The number of hydrogen-bond acceptors (Lipinski definition) is 7. The minimum atomic E-state index is -4.03. The van der Waals surface area contributed by atoms with Gasteiger partial charge in [0.25, 0.3) is 10.1 Å². The summed E-state index contributed by atoms with van der Waals surface area (Å²) in [7, 11) is -4.03. The number of aryl methyl sites for hydroxylation is 1. The van der Waals surface area contributed by atoms with Crippen LogP contribution < -0.4 is 0 Å². The number of unbranched alkanes of at least 4 members (excludes halogenated alkanes) is 11. The van der Waals surface area contributed by atoms with Crippen molar-refractivity contribution in [2.24, 2.45) is 0 Å². The average Bonchev–Trinajstić information content (AvgIpc) is 3.31. The molecule has 2 aliphatic heterocycles. The van der Waals surface area contributed by atoms with Crippen molar-refractivity contribution < 1.29 is 31.9 Å². The molecule has 1 aromatic carbocycles. The Bertz CT molecular complexity index is 1020. The summed E-state index contributed by atoms with van der Waals surface area (Å²) in [6.07, 6.45) is 11.7. The lowest BCUT2D eigenvalue weighted by atomic mass is 9.93. The van der Waals surface area contributed by atoms with Gasteiger partial charge in [-0.1, -0.05) is 94.7 Å². The summed E-state index contributed by atoms with van der Waals surface area (Å²) in [5.74, 6) is 5.08. The predicted molar refractivity (Wildman–Crippen MR) is 147 cm³/mol. The van der Waals surface area contributed by atoms with Gasteiger partial charge in [0, 0.05) is 6.42 Å². The molecule has 7 nitrogen and oxygen atoms in total. The summed E-state index contributed by atoms with van der Waals surface area (Å²) in [5.41, 5.74) is -0.811. The van der Waals surface area contributed by atoms with Crippen molar-refractivity contribution in [3.63, 3.8) is 0 Å². The minimum Gasteiger partial charge on any atom is -0.372 e. The standard InChI is InChI=1S/C30H46O7S/c1-5-6-7-8-9-10-11-12-13-14-15-16-17-22-30(31)26(35-28-27(30)36-29(3,4)37-28)23-34-38(32,33)25-20-18-24(2)19-21-25/h18-21,26-28,31H,5-16,23H2,1-4H3/t26?,27-,28+,30+/m0/s1. The van der Waals surface area contributed by atoms with E-state index in [0.717, 1.165) is 18.4 Å². The van der Waals surface area contributed by atoms with Crippen molar-refractivity contribution >= 4 is 10.1 Å². The summed E-state index contributed by atoms with van der Waals surface area (Å²) in [5, 5.41) is 11.6. The molecule has 3 rings (SSSR count). The lowest BCUT2D eigenvalue weighted by Gasteiger charge is -2.29. The van der Waals surface area contributed by atoms with Crippen molar-refractivity contribution in [3.05, 3.63) is 29.8 Å². The van der Waals surface area contributed by atoms with Gasteiger partial charge >= 0.3 is 0 Å². The van der Waals surface area contributed by atoms with E-state index in [9.17, 15) is 13.5 Å². The van der Waals surface area contributed by atoms with Crippen LogP contribution in [0.4, 0.5) is 0 Å². The summed E-state index contributed by atoms with van der Waals surface area (Å²) >= 11 is 0. The maximum absolute atomic E-state index is 12.7. The first-order valence-electron chi connectivity index (χ1n) is 14.3. The quantitative estimate of drug-likeness (QED) is 0.162. The molecule has 0 amide bonds. The highest BCUT2D eigenvalue weighted by molar-refractivity contribution is 7.86. The van der Waals surface area contributed by atoms with Crippen molar-refractivity contribution in [3.8, 4) is 11.8 Å². The highest BCUT2D eigenvalue weighted by Gasteiger charge is 2.63. The summed E-state index contributed by atoms with van der Waals surface area (Å²) < 4.78 is 48.2. The smallest absolute Gasteiger partial charge is 0.297 e. The largest absolute Gasteiger partial charge is 0.372 e. The van der Waals surface area contributed by atoms with Gasteiger partial charge in [0.15, 0.2) is 23.8 Å². The molecule has 0 bridgehead atoms. The van der Waals surface area contributed by atoms with E-state index in [1.807, 2.05) is 6.92 Å². The Morgan fingerprint density at radius 3 is 2.11 bits per heavy atom. The number of benzene rings is 1. The van der Waals surface area contributed by atoms with E-state index in [-0.39, 0.29) is 4.90 Å². The van der Waals surface area contributed by atoms with Crippen LogP contribution in [0.25, 0.3) is 0 Å². The predicted octanol–water partition coefficient (Wildman–Crippen LogP) is 6.01. The van der Waals surface area contributed by atoms with Gasteiger partial charge < -0.3 is 19.3 Å². The van der Waals surface area contributed by atoms with Crippen LogP contribution in [0.1, 0.15) is 103 Å². The van der Waals surface area contributed by atoms with Crippen LogP contribution in [0, 0.1) is 18.8 Å². The molecule has 4 atom stereocenters. The number of rotatable bonds is 15. The monoisotopic (exact) mass is 550 g/mol. The normalized spacial score (nSPS) is 26.2. The number of ether oxygens (including phenoxy) is 3. The van der Waals surface area contributed by atoms with E-state index < -0.39 is 46.6 Å². The van der Waals surface area contributed by atoms with E-state index in [1.54, 1.807) is 26.0 Å². The van der Waals surface area contributed by atoms with Gasteiger partial charge in [0.05, 0.1) is 11.5 Å².